The Morgan fingerprint density at radius 2 is 1.90 bits per heavy atom. The quantitative estimate of drug-likeness (QED) is 0.339. The fourth-order valence-corrected chi connectivity index (χ4v) is 3.77. The first-order valence-electron chi connectivity index (χ1n) is 11.2. The predicted molar refractivity (Wildman–Crippen MR) is 118 cm³/mol. The van der Waals surface area contributed by atoms with Crippen LogP contribution in [0.4, 0.5) is 0 Å². The van der Waals surface area contributed by atoms with Gasteiger partial charge in [0.05, 0.1) is 19.8 Å². The number of benzene rings is 1. The van der Waals surface area contributed by atoms with Crippen LogP contribution in [0, 0.1) is 5.41 Å². The molecule has 0 amide bonds. The van der Waals surface area contributed by atoms with Crippen LogP contribution in [0.5, 0.6) is 0 Å². The highest BCUT2D eigenvalue weighted by molar-refractivity contribution is 5.79. The van der Waals surface area contributed by atoms with E-state index in [1.165, 1.54) is 24.0 Å². The van der Waals surface area contributed by atoms with Crippen molar-refractivity contribution >= 4 is 5.96 Å². The maximum absolute atomic E-state index is 5.56. The fourth-order valence-electron chi connectivity index (χ4n) is 3.77. The summed E-state index contributed by atoms with van der Waals surface area (Å²) in [5.41, 5.74) is 3.07. The van der Waals surface area contributed by atoms with E-state index < -0.39 is 0 Å². The zero-order chi connectivity index (χ0) is 20.4. The zero-order valence-electron chi connectivity index (χ0n) is 18.2. The summed E-state index contributed by atoms with van der Waals surface area (Å²) in [5.74, 6) is 0.913. The number of nitrogens with one attached hydrogen (secondary N) is 2. The number of aliphatic imine (C=N–C) groups is 1. The minimum atomic E-state index is 0.402. The van der Waals surface area contributed by atoms with Crippen LogP contribution < -0.4 is 10.6 Å². The van der Waals surface area contributed by atoms with Gasteiger partial charge in [-0.15, -0.1) is 0 Å². The van der Waals surface area contributed by atoms with E-state index in [0.29, 0.717) is 12.0 Å². The lowest BCUT2D eigenvalue weighted by Gasteiger charge is -2.27. The fraction of sp³-hybridized carbons (Fsp3) is 0.696. The predicted octanol–water partition coefficient (Wildman–Crippen LogP) is 2.78. The number of hydrogen-bond donors (Lipinski definition) is 2. The lowest BCUT2D eigenvalue weighted by molar-refractivity contribution is 0.0341. The highest BCUT2D eigenvalue weighted by Gasteiger charge is 2.41. The van der Waals surface area contributed by atoms with E-state index in [1.807, 2.05) is 0 Å². The first kappa shape index (κ1) is 22.1. The lowest BCUT2D eigenvalue weighted by Crippen LogP contribution is -2.40. The summed E-state index contributed by atoms with van der Waals surface area (Å²) in [5, 5.41) is 6.98. The average molecular weight is 403 g/mol. The van der Waals surface area contributed by atoms with Gasteiger partial charge >= 0.3 is 0 Å². The van der Waals surface area contributed by atoms with Crippen molar-refractivity contribution in [1.29, 1.82) is 0 Å². The van der Waals surface area contributed by atoms with Crippen LogP contribution in [0.25, 0.3) is 0 Å². The highest BCUT2D eigenvalue weighted by Crippen LogP contribution is 2.48. The topological polar surface area (TPSA) is 58.1 Å². The van der Waals surface area contributed by atoms with Crippen LogP contribution in [0.1, 0.15) is 44.2 Å². The molecule has 1 heterocycles. The molecule has 0 aromatic heterocycles. The minimum absolute atomic E-state index is 0.402. The van der Waals surface area contributed by atoms with Crippen LogP contribution in [-0.2, 0) is 22.6 Å². The molecule has 0 radical (unpaired) electrons. The summed E-state index contributed by atoms with van der Waals surface area (Å²) >= 11 is 0. The molecule has 1 aliphatic carbocycles. The van der Waals surface area contributed by atoms with Gasteiger partial charge in [0.2, 0.25) is 0 Å². The van der Waals surface area contributed by atoms with Gasteiger partial charge in [0.25, 0.3) is 0 Å². The van der Waals surface area contributed by atoms with E-state index in [4.69, 9.17) is 14.5 Å². The van der Waals surface area contributed by atoms with Crippen molar-refractivity contribution in [3.8, 4) is 0 Å². The van der Waals surface area contributed by atoms with Crippen LogP contribution in [0.15, 0.2) is 29.3 Å². The van der Waals surface area contributed by atoms with Gasteiger partial charge in [0.1, 0.15) is 0 Å². The Morgan fingerprint density at radius 3 is 2.59 bits per heavy atom. The normalized spacial score (nSPS) is 19.2. The molecule has 0 atom stereocenters. The van der Waals surface area contributed by atoms with Gasteiger partial charge in [0.15, 0.2) is 5.96 Å². The van der Waals surface area contributed by atoms with Crippen molar-refractivity contribution < 1.29 is 9.47 Å². The van der Waals surface area contributed by atoms with Gasteiger partial charge in [0, 0.05) is 45.9 Å². The lowest BCUT2D eigenvalue weighted by atomic mass is 10.0. The molecule has 1 aromatic rings. The maximum Gasteiger partial charge on any atom is 0.191 e. The Hall–Kier alpha value is -1.63. The summed E-state index contributed by atoms with van der Waals surface area (Å²) in [7, 11) is 0. The molecule has 1 saturated carbocycles. The Kier molecular flexibility index (Phi) is 8.77. The van der Waals surface area contributed by atoms with Crippen molar-refractivity contribution in [3.63, 3.8) is 0 Å². The molecule has 29 heavy (non-hydrogen) atoms. The van der Waals surface area contributed by atoms with Crippen LogP contribution in [0.2, 0.25) is 0 Å². The zero-order valence-corrected chi connectivity index (χ0v) is 18.2. The molecular formula is C23H38N4O2. The van der Waals surface area contributed by atoms with Crippen LogP contribution >= 0.6 is 0 Å². The standard InChI is InChI=1S/C23H38N4O2/c1-3-24-22(26-19-23(9-10-23)11-14-28-4-2)25-17-20-7-5-6-8-21(20)18-27-12-15-29-16-13-27/h5-8H,3-4,9-19H2,1-2H3,(H2,24,25,26). The second-order valence-corrected chi connectivity index (χ2v) is 8.15. The van der Waals surface area contributed by atoms with Crippen molar-refractivity contribution in [1.82, 2.24) is 15.5 Å². The summed E-state index contributed by atoms with van der Waals surface area (Å²) < 4.78 is 11.0. The minimum Gasteiger partial charge on any atom is -0.382 e. The van der Waals surface area contributed by atoms with Crippen molar-refractivity contribution in [2.45, 2.75) is 46.2 Å². The Bertz CT molecular complexity index is 640. The number of guanidine groups is 1. The first-order valence-corrected chi connectivity index (χ1v) is 11.2. The highest BCUT2D eigenvalue weighted by atomic mass is 16.5. The second-order valence-electron chi connectivity index (χ2n) is 8.15. The smallest absolute Gasteiger partial charge is 0.191 e. The third-order valence-corrected chi connectivity index (χ3v) is 5.94. The van der Waals surface area contributed by atoms with Gasteiger partial charge in [-0.2, -0.15) is 0 Å². The Morgan fingerprint density at radius 1 is 1.14 bits per heavy atom. The third kappa shape index (κ3) is 7.28. The number of rotatable bonds is 11. The summed E-state index contributed by atoms with van der Waals surface area (Å²) in [6.07, 6.45) is 3.71. The number of nitrogens with zero attached hydrogens (tertiary/aromatic N) is 2. The van der Waals surface area contributed by atoms with E-state index in [0.717, 1.165) is 71.5 Å². The molecule has 0 spiro atoms. The molecule has 162 valence electrons. The van der Waals surface area contributed by atoms with E-state index in [-0.39, 0.29) is 0 Å². The molecule has 6 nitrogen and oxygen atoms in total. The monoisotopic (exact) mass is 402 g/mol. The van der Waals surface area contributed by atoms with E-state index in [1.54, 1.807) is 0 Å². The molecule has 1 aliphatic heterocycles. The first-order chi connectivity index (χ1) is 14.2. The molecule has 2 aliphatic rings. The molecule has 2 N–H and O–H groups in total. The second kappa shape index (κ2) is 11.5. The Balaban J connectivity index is 1.55. The molecule has 1 aromatic carbocycles. The SMILES string of the molecule is CCNC(=NCc1ccccc1CN1CCOCC1)NCC1(CCOCC)CC1. The molecule has 2 fully saturated rings. The maximum atomic E-state index is 5.56. The van der Waals surface area contributed by atoms with Crippen LogP contribution in [0.3, 0.4) is 0 Å². The number of ether oxygens (including phenoxy) is 2. The molecule has 3 rings (SSSR count). The summed E-state index contributed by atoms with van der Waals surface area (Å²) in [4.78, 5) is 7.35. The van der Waals surface area contributed by atoms with Gasteiger partial charge in [-0.1, -0.05) is 24.3 Å². The van der Waals surface area contributed by atoms with Gasteiger partial charge in [-0.3, -0.25) is 4.90 Å². The molecular weight excluding hydrogens is 364 g/mol. The summed E-state index contributed by atoms with van der Waals surface area (Å²) in [6, 6.07) is 8.67. The number of morpholine rings is 1. The largest absolute Gasteiger partial charge is 0.382 e. The van der Waals surface area contributed by atoms with Crippen molar-refractivity contribution in [2.24, 2.45) is 10.4 Å². The van der Waals surface area contributed by atoms with Crippen molar-refractivity contribution in [3.05, 3.63) is 35.4 Å². The van der Waals surface area contributed by atoms with Gasteiger partial charge < -0.3 is 20.1 Å². The van der Waals surface area contributed by atoms with Gasteiger partial charge in [-0.25, -0.2) is 4.99 Å². The van der Waals surface area contributed by atoms with E-state index >= 15 is 0 Å². The summed E-state index contributed by atoms with van der Waals surface area (Å²) in [6.45, 7) is 13.0. The van der Waals surface area contributed by atoms with E-state index in [2.05, 4.69) is 53.6 Å². The molecule has 0 unspecified atom stereocenters. The van der Waals surface area contributed by atoms with Crippen LogP contribution in [-0.4, -0.2) is 63.5 Å². The third-order valence-electron chi connectivity index (χ3n) is 5.94. The Labute approximate surface area is 176 Å². The molecule has 0 bridgehead atoms. The van der Waals surface area contributed by atoms with Gasteiger partial charge in [-0.05, 0) is 49.7 Å². The van der Waals surface area contributed by atoms with E-state index in [9.17, 15) is 0 Å². The average Bonchev–Trinajstić information content (AvgIpc) is 3.52. The van der Waals surface area contributed by atoms with Crippen molar-refractivity contribution in [2.75, 3.05) is 52.6 Å². The molecule has 1 saturated heterocycles. The molecule has 6 heteroatoms. The number of hydrogen-bond acceptors (Lipinski definition) is 4.